The SMILES string of the molecule is COCCOc1ccc(Br)cc1C(=O)NC(=S)Nc1ccc(C(=O)N2CCCCC2)cc1. The van der Waals surface area contributed by atoms with Gasteiger partial charge >= 0.3 is 0 Å². The first-order chi connectivity index (χ1) is 15.5. The molecule has 9 heteroatoms. The molecule has 2 N–H and O–H groups in total. The third kappa shape index (κ3) is 6.75. The van der Waals surface area contributed by atoms with Crippen molar-refractivity contribution >= 4 is 50.8 Å². The molecule has 0 aromatic heterocycles. The summed E-state index contributed by atoms with van der Waals surface area (Å²) in [5.74, 6) is 0.0852. The first-order valence-corrected chi connectivity index (χ1v) is 11.6. The van der Waals surface area contributed by atoms with Gasteiger partial charge < -0.3 is 19.7 Å². The van der Waals surface area contributed by atoms with Crippen molar-refractivity contribution in [3.63, 3.8) is 0 Å². The Hall–Kier alpha value is -2.49. The third-order valence-corrected chi connectivity index (χ3v) is 5.69. The standard InChI is InChI=1S/C23H26BrN3O4S/c1-30-13-14-31-20-10-7-17(24)15-19(20)21(28)26-23(32)25-18-8-5-16(6-9-18)22(29)27-11-3-2-4-12-27/h5-10,15H,2-4,11-14H2,1H3,(H2,25,26,28,32). The van der Waals surface area contributed by atoms with Crippen molar-refractivity contribution in [1.82, 2.24) is 10.2 Å². The summed E-state index contributed by atoms with van der Waals surface area (Å²) >= 11 is 8.66. The lowest BCUT2D eigenvalue weighted by atomic mass is 10.1. The normalized spacial score (nSPS) is 13.4. The highest BCUT2D eigenvalue weighted by molar-refractivity contribution is 9.10. The van der Waals surface area contributed by atoms with Crippen LogP contribution in [-0.2, 0) is 4.74 Å². The van der Waals surface area contributed by atoms with E-state index in [1.165, 1.54) is 6.42 Å². The van der Waals surface area contributed by atoms with Crippen molar-refractivity contribution in [2.45, 2.75) is 19.3 Å². The molecule has 170 valence electrons. The Labute approximate surface area is 201 Å². The second-order valence-electron chi connectivity index (χ2n) is 7.32. The quantitative estimate of drug-likeness (QED) is 0.421. The van der Waals surface area contributed by atoms with Crippen molar-refractivity contribution in [2.24, 2.45) is 0 Å². The average molecular weight is 520 g/mol. The molecular formula is C23H26BrN3O4S. The number of hydrogen-bond acceptors (Lipinski definition) is 5. The third-order valence-electron chi connectivity index (χ3n) is 4.99. The van der Waals surface area contributed by atoms with Gasteiger partial charge in [-0.3, -0.25) is 14.9 Å². The fourth-order valence-electron chi connectivity index (χ4n) is 3.35. The fraction of sp³-hybridized carbons (Fsp3) is 0.348. The molecule has 1 fully saturated rings. The van der Waals surface area contributed by atoms with Gasteiger partial charge in [0.25, 0.3) is 11.8 Å². The maximum Gasteiger partial charge on any atom is 0.261 e. The van der Waals surface area contributed by atoms with Gasteiger partial charge in [0.2, 0.25) is 0 Å². The first kappa shape index (κ1) is 24.2. The number of benzene rings is 2. The van der Waals surface area contributed by atoms with E-state index >= 15 is 0 Å². The maximum atomic E-state index is 12.7. The van der Waals surface area contributed by atoms with Gasteiger partial charge in [-0.05, 0) is 73.9 Å². The zero-order chi connectivity index (χ0) is 22.9. The van der Waals surface area contributed by atoms with Crippen molar-refractivity contribution in [3.8, 4) is 5.75 Å². The van der Waals surface area contributed by atoms with Crippen molar-refractivity contribution in [1.29, 1.82) is 0 Å². The zero-order valence-corrected chi connectivity index (χ0v) is 20.3. The van der Waals surface area contributed by atoms with Gasteiger partial charge in [0.1, 0.15) is 12.4 Å². The molecule has 2 aromatic carbocycles. The highest BCUT2D eigenvalue weighted by atomic mass is 79.9. The van der Waals surface area contributed by atoms with E-state index in [2.05, 4.69) is 26.6 Å². The lowest BCUT2D eigenvalue weighted by Crippen LogP contribution is -2.35. The molecule has 0 spiro atoms. The predicted octanol–water partition coefficient (Wildman–Crippen LogP) is 4.23. The molecule has 0 unspecified atom stereocenters. The van der Waals surface area contributed by atoms with E-state index < -0.39 is 5.91 Å². The largest absolute Gasteiger partial charge is 0.490 e. The number of halogens is 1. The summed E-state index contributed by atoms with van der Waals surface area (Å²) in [5.41, 5.74) is 1.66. The van der Waals surface area contributed by atoms with Gasteiger partial charge in [0, 0.05) is 35.9 Å². The number of hydrogen-bond donors (Lipinski definition) is 2. The van der Waals surface area contributed by atoms with Gasteiger partial charge in [-0.2, -0.15) is 0 Å². The van der Waals surface area contributed by atoms with Crippen LogP contribution in [0.1, 0.15) is 40.0 Å². The second kappa shape index (κ2) is 11.9. The summed E-state index contributed by atoms with van der Waals surface area (Å²) in [7, 11) is 1.58. The average Bonchev–Trinajstić information content (AvgIpc) is 2.80. The molecule has 1 aliphatic heterocycles. The Morgan fingerprint density at radius 3 is 2.47 bits per heavy atom. The monoisotopic (exact) mass is 519 g/mol. The van der Waals surface area contributed by atoms with Crippen LogP contribution >= 0.6 is 28.1 Å². The molecule has 1 heterocycles. The van der Waals surface area contributed by atoms with Crippen LogP contribution in [0.25, 0.3) is 0 Å². The number of carbonyl (C=O) groups excluding carboxylic acids is 2. The van der Waals surface area contributed by atoms with Crippen LogP contribution in [0.4, 0.5) is 5.69 Å². The minimum Gasteiger partial charge on any atom is -0.490 e. The highest BCUT2D eigenvalue weighted by Gasteiger charge is 2.18. The van der Waals surface area contributed by atoms with Crippen LogP contribution in [0, 0.1) is 0 Å². The molecule has 0 saturated carbocycles. The number of amides is 2. The number of rotatable bonds is 7. The number of methoxy groups -OCH3 is 1. The molecule has 32 heavy (non-hydrogen) atoms. The fourth-order valence-corrected chi connectivity index (χ4v) is 3.92. The number of nitrogens with one attached hydrogen (secondary N) is 2. The van der Waals surface area contributed by atoms with Crippen LogP contribution in [0.5, 0.6) is 5.75 Å². The molecule has 0 aliphatic carbocycles. The minimum atomic E-state index is -0.395. The van der Waals surface area contributed by atoms with Gasteiger partial charge in [0.15, 0.2) is 5.11 Å². The Morgan fingerprint density at radius 2 is 1.78 bits per heavy atom. The van der Waals surface area contributed by atoms with E-state index in [4.69, 9.17) is 21.7 Å². The Morgan fingerprint density at radius 1 is 1.06 bits per heavy atom. The van der Waals surface area contributed by atoms with E-state index in [9.17, 15) is 9.59 Å². The van der Waals surface area contributed by atoms with E-state index in [1.54, 1.807) is 49.6 Å². The van der Waals surface area contributed by atoms with E-state index in [1.807, 2.05) is 4.90 Å². The summed E-state index contributed by atoms with van der Waals surface area (Å²) in [6.45, 7) is 2.35. The number of carbonyl (C=O) groups is 2. The van der Waals surface area contributed by atoms with Crippen molar-refractivity contribution in [2.75, 3.05) is 38.7 Å². The van der Waals surface area contributed by atoms with Crippen LogP contribution < -0.4 is 15.4 Å². The summed E-state index contributed by atoms with van der Waals surface area (Å²) in [4.78, 5) is 27.2. The summed E-state index contributed by atoms with van der Waals surface area (Å²) < 4.78 is 11.4. The summed E-state index contributed by atoms with van der Waals surface area (Å²) in [5, 5.41) is 5.79. The smallest absolute Gasteiger partial charge is 0.261 e. The van der Waals surface area contributed by atoms with Crippen molar-refractivity contribution in [3.05, 3.63) is 58.1 Å². The van der Waals surface area contributed by atoms with E-state index in [0.29, 0.717) is 35.8 Å². The van der Waals surface area contributed by atoms with Crippen LogP contribution in [0.3, 0.4) is 0 Å². The Bertz CT molecular complexity index is 962. The lowest BCUT2D eigenvalue weighted by molar-refractivity contribution is 0.0724. The molecule has 2 amide bonds. The number of piperidine rings is 1. The first-order valence-electron chi connectivity index (χ1n) is 10.4. The van der Waals surface area contributed by atoms with E-state index in [-0.39, 0.29) is 11.0 Å². The topological polar surface area (TPSA) is 79.9 Å². The van der Waals surface area contributed by atoms with E-state index in [0.717, 1.165) is 30.4 Å². The highest BCUT2D eigenvalue weighted by Crippen LogP contribution is 2.23. The van der Waals surface area contributed by atoms with Crippen LogP contribution in [0.15, 0.2) is 46.9 Å². The summed E-state index contributed by atoms with van der Waals surface area (Å²) in [6, 6.07) is 12.2. The number of likely N-dealkylation sites (tertiary alicyclic amines) is 1. The number of anilines is 1. The maximum absolute atomic E-state index is 12.7. The lowest BCUT2D eigenvalue weighted by Gasteiger charge is -2.26. The van der Waals surface area contributed by atoms with Gasteiger partial charge in [-0.1, -0.05) is 15.9 Å². The zero-order valence-electron chi connectivity index (χ0n) is 17.9. The second-order valence-corrected chi connectivity index (χ2v) is 8.64. The molecular weight excluding hydrogens is 494 g/mol. The van der Waals surface area contributed by atoms with Gasteiger partial charge in [-0.15, -0.1) is 0 Å². The summed E-state index contributed by atoms with van der Waals surface area (Å²) in [6.07, 6.45) is 3.28. The molecule has 2 aromatic rings. The van der Waals surface area contributed by atoms with Crippen LogP contribution in [0.2, 0.25) is 0 Å². The predicted molar refractivity (Wildman–Crippen MR) is 131 cm³/mol. The van der Waals surface area contributed by atoms with Gasteiger partial charge in [-0.25, -0.2) is 0 Å². The molecule has 0 atom stereocenters. The van der Waals surface area contributed by atoms with Crippen LogP contribution in [-0.4, -0.2) is 55.2 Å². The molecule has 1 saturated heterocycles. The molecule has 0 bridgehead atoms. The Kier molecular flexibility index (Phi) is 9.01. The molecule has 1 aliphatic rings. The van der Waals surface area contributed by atoms with Crippen molar-refractivity contribution < 1.29 is 19.1 Å². The number of nitrogens with zero attached hydrogens (tertiary/aromatic N) is 1. The Balaban J connectivity index is 1.59. The number of thiocarbonyl (C=S) groups is 1. The molecule has 0 radical (unpaired) electrons. The van der Waals surface area contributed by atoms with Gasteiger partial charge in [0.05, 0.1) is 12.2 Å². The molecule has 3 rings (SSSR count). The minimum absolute atomic E-state index is 0.0442. The molecule has 7 nitrogen and oxygen atoms in total. The number of ether oxygens (including phenoxy) is 2.